The van der Waals surface area contributed by atoms with Gasteiger partial charge in [-0.05, 0) is 39.3 Å². The summed E-state index contributed by atoms with van der Waals surface area (Å²) in [4.78, 5) is 27.8. The van der Waals surface area contributed by atoms with Crippen molar-refractivity contribution in [2.45, 2.75) is 39.2 Å². The van der Waals surface area contributed by atoms with Crippen LogP contribution in [0.4, 0.5) is 0 Å². The molecule has 0 spiro atoms. The van der Waals surface area contributed by atoms with E-state index in [4.69, 9.17) is 14.2 Å². The molecule has 0 saturated heterocycles. The molecule has 1 atom stereocenters. The number of nitrogens with zero attached hydrogens (tertiary/aromatic N) is 1. The Morgan fingerprint density at radius 3 is 2.67 bits per heavy atom. The molecule has 1 aliphatic rings. The van der Waals surface area contributed by atoms with Crippen molar-refractivity contribution < 1.29 is 28.9 Å². The van der Waals surface area contributed by atoms with Gasteiger partial charge in [0.2, 0.25) is 0 Å². The van der Waals surface area contributed by atoms with E-state index >= 15 is 0 Å². The van der Waals surface area contributed by atoms with Crippen LogP contribution in [0.15, 0.2) is 23.2 Å². The Labute approximate surface area is 163 Å². The highest BCUT2D eigenvalue weighted by atomic mass is 32.2. The van der Waals surface area contributed by atoms with Gasteiger partial charge in [-0.3, -0.25) is 9.79 Å². The highest BCUT2D eigenvalue weighted by Gasteiger charge is 2.40. The Morgan fingerprint density at radius 2 is 2.00 bits per heavy atom. The quantitative estimate of drug-likeness (QED) is 0.507. The Balaban J connectivity index is 1.97. The van der Waals surface area contributed by atoms with Gasteiger partial charge in [0.15, 0.2) is 5.54 Å². The minimum atomic E-state index is -0.940. The van der Waals surface area contributed by atoms with E-state index in [1.807, 2.05) is 0 Å². The lowest BCUT2D eigenvalue weighted by molar-refractivity contribution is -0.147. The van der Waals surface area contributed by atoms with Crippen molar-refractivity contribution >= 4 is 28.7 Å². The number of benzene rings is 1. The van der Waals surface area contributed by atoms with Gasteiger partial charge in [-0.25, -0.2) is 4.79 Å². The maximum atomic E-state index is 12.1. The van der Waals surface area contributed by atoms with Crippen molar-refractivity contribution in [2.24, 2.45) is 4.99 Å². The van der Waals surface area contributed by atoms with Gasteiger partial charge in [0.1, 0.15) is 16.5 Å². The third kappa shape index (κ3) is 5.63. The zero-order valence-corrected chi connectivity index (χ0v) is 16.6. The third-order valence-corrected chi connectivity index (χ3v) is 5.14. The highest BCUT2D eigenvalue weighted by Crippen LogP contribution is 2.36. The molecule has 1 N–H and O–H groups in total. The van der Waals surface area contributed by atoms with Crippen LogP contribution in [-0.2, 0) is 19.1 Å². The number of aromatic hydroxyl groups is 1. The van der Waals surface area contributed by atoms with E-state index in [-0.39, 0.29) is 24.1 Å². The zero-order chi connectivity index (χ0) is 19.9. The molecule has 0 amide bonds. The maximum absolute atomic E-state index is 12.1. The molecule has 0 radical (unpaired) electrons. The van der Waals surface area contributed by atoms with Crippen molar-refractivity contribution in [3.63, 3.8) is 0 Å². The van der Waals surface area contributed by atoms with Crippen LogP contribution in [0.3, 0.4) is 0 Å². The maximum Gasteiger partial charge on any atom is 0.334 e. The summed E-state index contributed by atoms with van der Waals surface area (Å²) < 4.78 is 15.5. The summed E-state index contributed by atoms with van der Waals surface area (Å²) in [5, 5.41) is 10.9. The van der Waals surface area contributed by atoms with Crippen LogP contribution in [0.25, 0.3) is 0 Å². The lowest BCUT2D eigenvalue weighted by Crippen LogP contribution is -2.35. The molecule has 1 heterocycles. The fourth-order valence-electron chi connectivity index (χ4n) is 2.45. The number of aliphatic imine (C=N–C) groups is 1. The van der Waals surface area contributed by atoms with E-state index in [1.165, 1.54) is 17.8 Å². The second-order valence-corrected chi connectivity index (χ2v) is 7.10. The van der Waals surface area contributed by atoms with Gasteiger partial charge in [-0.2, -0.15) is 0 Å². The zero-order valence-electron chi connectivity index (χ0n) is 15.8. The Morgan fingerprint density at radius 1 is 1.26 bits per heavy atom. The molecule has 0 saturated carbocycles. The van der Waals surface area contributed by atoms with Gasteiger partial charge >= 0.3 is 11.9 Å². The van der Waals surface area contributed by atoms with Crippen LogP contribution < -0.4 is 4.74 Å². The Kier molecular flexibility index (Phi) is 7.53. The lowest BCUT2D eigenvalue weighted by atomic mass is 10.1. The summed E-state index contributed by atoms with van der Waals surface area (Å²) in [7, 11) is 0. The van der Waals surface area contributed by atoms with Crippen LogP contribution in [0.1, 0.15) is 39.2 Å². The molecule has 0 fully saturated rings. The molecule has 0 aliphatic carbocycles. The summed E-state index contributed by atoms with van der Waals surface area (Å²) in [6.07, 6.45) is 0.819. The van der Waals surface area contributed by atoms with Crippen LogP contribution in [0.5, 0.6) is 11.5 Å². The van der Waals surface area contributed by atoms with Gasteiger partial charge < -0.3 is 19.3 Å². The molecular weight excluding hydrogens is 370 g/mol. The molecule has 1 aliphatic heterocycles. The van der Waals surface area contributed by atoms with E-state index in [0.717, 1.165) is 0 Å². The van der Waals surface area contributed by atoms with E-state index in [0.29, 0.717) is 48.4 Å². The Bertz CT molecular complexity index is 720. The SMILES string of the molecule is CCOC(=O)CCCOc1ccc(C2=N[C@@](C)(C(=O)OCC)CS2)c(O)c1. The second kappa shape index (κ2) is 9.64. The fourth-order valence-corrected chi connectivity index (χ4v) is 3.64. The third-order valence-electron chi connectivity index (χ3n) is 3.85. The van der Waals surface area contributed by atoms with Gasteiger partial charge in [-0.1, -0.05) is 0 Å². The number of phenols is 1. The summed E-state index contributed by atoms with van der Waals surface area (Å²) in [5.41, 5.74) is -0.392. The molecule has 1 aromatic rings. The van der Waals surface area contributed by atoms with Crippen LogP contribution in [-0.4, -0.2) is 53.2 Å². The number of hydrogen-bond donors (Lipinski definition) is 1. The molecule has 0 unspecified atom stereocenters. The average Bonchev–Trinajstić information content (AvgIpc) is 3.03. The van der Waals surface area contributed by atoms with Gasteiger partial charge in [0, 0.05) is 23.8 Å². The topological polar surface area (TPSA) is 94.4 Å². The summed E-state index contributed by atoms with van der Waals surface area (Å²) in [6, 6.07) is 4.93. The first-order valence-electron chi connectivity index (χ1n) is 8.91. The van der Waals surface area contributed by atoms with E-state index in [9.17, 15) is 14.7 Å². The second-order valence-electron chi connectivity index (χ2n) is 6.14. The lowest BCUT2D eigenvalue weighted by Gasteiger charge is -2.16. The number of ether oxygens (including phenoxy) is 3. The predicted molar refractivity (Wildman–Crippen MR) is 104 cm³/mol. The number of carbonyl (C=O) groups excluding carboxylic acids is 2. The van der Waals surface area contributed by atoms with E-state index in [2.05, 4.69) is 4.99 Å². The number of rotatable bonds is 9. The normalized spacial score (nSPS) is 18.7. The van der Waals surface area contributed by atoms with Crippen molar-refractivity contribution in [3.8, 4) is 11.5 Å². The summed E-state index contributed by atoms with van der Waals surface area (Å²) in [6.45, 7) is 6.26. The largest absolute Gasteiger partial charge is 0.507 e. The van der Waals surface area contributed by atoms with Gasteiger partial charge in [0.25, 0.3) is 0 Å². The van der Waals surface area contributed by atoms with E-state index in [1.54, 1.807) is 32.9 Å². The molecule has 7 nitrogen and oxygen atoms in total. The van der Waals surface area contributed by atoms with E-state index < -0.39 is 5.54 Å². The van der Waals surface area contributed by atoms with Crippen molar-refractivity contribution in [1.82, 2.24) is 0 Å². The highest BCUT2D eigenvalue weighted by molar-refractivity contribution is 8.14. The molecule has 8 heteroatoms. The number of phenolic OH excluding ortho intramolecular Hbond substituents is 1. The van der Waals surface area contributed by atoms with Crippen LogP contribution >= 0.6 is 11.8 Å². The fraction of sp³-hybridized carbons (Fsp3) is 0.526. The monoisotopic (exact) mass is 395 g/mol. The van der Waals surface area contributed by atoms with Crippen molar-refractivity contribution in [1.29, 1.82) is 0 Å². The number of esters is 2. The summed E-state index contributed by atoms with van der Waals surface area (Å²) >= 11 is 1.40. The standard InChI is InChI=1S/C19H25NO6S/c1-4-24-16(22)7-6-10-26-13-8-9-14(15(21)11-13)17-20-19(3,12-27-17)18(23)25-5-2/h8-9,11,21H,4-7,10,12H2,1-3H3/t19-/m1/s1. The minimum Gasteiger partial charge on any atom is -0.507 e. The number of carbonyl (C=O) groups is 2. The van der Waals surface area contributed by atoms with Gasteiger partial charge in [-0.15, -0.1) is 11.8 Å². The predicted octanol–water partition coefficient (Wildman–Crippen LogP) is 2.93. The molecule has 0 bridgehead atoms. The van der Waals surface area contributed by atoms with Crippen LogP contribution in [0.2, 0.25) is 0 Å². The molecule has 148 valence electrons. The molecule has 0 aromatic heterocycles. The molecular formula is C19H25NO6S. The van der Waals surface area contributed by atoms with Gasteiger partial charge in [0.05, 0.1) is 19.8 Å². The average molecular weight is 395 g/mol. The van der Waals surface area contributed by atoms with Crippen LogP contribution in [0, 0.1) is 0 Å². The Hall–Kier alpha value is -2.22. The number of hydrogen-bond acceptors (Lipinski definition) is 8. The first kappa shape index (κ1) is 21.1. The van der Waals surface area contributed by atoms with Crippen molar-refractivity contribution in [2.75, 3.05) is 25.6 Å². The summed E-state index contributed by atoms with van der Waals surface area (Å²) in [5.74, 6) is 0.370. The van der Waals surface area contributed by atoms with Crippen molar-refractivity contribution in [3.05, 3.63) is 23.8 Å². The smallest absolute Gasteiger partial charge is 0.334 e. The molecule has 1 aromatic carbocycles. The number of thioether (sulfide) groups is 1. The first-order chi connectivity index (χ1) is 12.9. The minimum absolute atomic E-state index is 0.0252. The first-order valence-corrected chi connectivity index (χ1v) is 9.90. The molecule has 2 rings (SSSR count). The molecule has 27 heavy (non-hydrogen) atoms.